The maximum absolute atomic E-state index is 14.8. The van der Waals surface area contributed by atoms with Gasteiger partial charge in [0.15, 0.2) is 5.82 Å². The number of halogens is 2. The van der Waals surface area contributed by atoms with Crippen LogP contribution in [0, 0.1) is 18.6 Å². The number of hydrogen-bond donors (Lipinski definition) is 0. The monoisotopic (exact) mass is 429 g/mol. The fourth-order valence-electron chi connectivity index (χ4n) is 3.52. The summed E-state index contributed by atoms with van der Waals surface area (Å²) in [6, 6.07) is 18.1. The van der Waals surface area contributed by atoms with Crippen molar-refractivity contribution in [2.75, 3.05) is 0 Å². The molecule has 0 aliphatic rings. The molecule has 0 aliphatic heterocycles. The van der Waals surface area contributed by atoms with Crippen LogP contribution in [0.15, 0.2) is 72.9 Å². The fourth-order valence-corrected chi connectivity index (χ4v) is 3.52. The van der Waals surface area contributed by atoms with Gasteiger partial charge in [0.05, 0.1) is 23.0 Å². The number of fused-ring (bicyclic) bond motifs is 1. The number of ether oxygens (including phenoxy) is 1. The van der Waals surface area contributed by atoms with Crippen molar-refractivity contribution in [3.8, 4) is 28.4 Å². The van der Waals surface area contributed by atoms with Crippen molar-refractivity contribution in [1.82, 2.24) is 24.8 Å². The van der Waals surface area contributed by atoms with E-state index in [1.54, 1.807) is 36.4 Å². The highest BCUT2D eigenvalue weighted by molar-refractivity contribution is 5.85. The third kappa shape index (κ3) is 3.56. The summed E-state index contributed by atoms with van der Waals surface area (Å²) in [5.41, 5.74) is 2.92. The lowest BCUT2D eigenvalue weighted by Crippen LogP contribution is -2.02. The van der Waals surface area contributed by atoms with Crippen molar-refractivity contribution in [3.63, 3.8) is 0 Å². The maximum Gasteiger partial charge on any atom is 0.242 e. The molecule has 5 aromatic rings. The average molecular weight is 429 g/mol. The molecule has 6 nitrogen and oxygen atoms in total. The molecule has 0 atom stereocenters. The molecule has 3 heterocycles. The van der Waals surface area contributed by atoms with Crippen molar-refractivity contribution < 1.29 is 13.5 Å². The van der Waals surface area contributed by atoms with Crippen molar-refractivity contribution in [2.45, 2.75) is 13.5 Å². The summed E-state index contributed by atoms with van der Waals surface area (Å²) < 4.78 is 36.7. The first kappa shape index (κ1) is 19.7. The molecule has 158 valence electrons. The highest BCUT2D eigenvalue weighted by Gasteiger charge is 2.23. The van der Waals surface area contributed by atoms with Crippen LogP contribution in [0.2, 0.25) is 0 Å². The second-order valence-corrected chi connectivity index (χ2v) is 7.16. The second kappa shape index (κ2) is 8.14. The van der Waals surface area contributed by atoms with Gasteiger partial charge in [0.1, 0.15) is 23.8 Å². The molecule has 0 bridgehead atoms. The van der Waals surface area contributed by atoms with E-state index in [1.165, 1.54) is 22.8 Å². The molecule has 0 N–H and O–H groups in total. The minimum absolute atomic E-state index is 0.128. The van der Waals surface area contributed by atoms with Gasteiger partial charge < -0.3 is 4.74 Å². The zero-order valence-electron chi connectivity index (χ0n) is 17.0. The summed E-state index contributed by atoms with van der Waals surface area (Å²) in [5.74, 6) is -0.554. The topological polar surface area (TPSA) is 65.2 Å². The molecule has 0 saturated heterocycles. The van der Waals surface area contributed by atoms with Crippen LogP contribution in [0.3, 0.4) is 0 Å². The van der Waals surface area contributed by atoms with Gasteiger partial charge in [-0.3, -0.25) is 4.98 Å². The van der Waals surface area contributed by atoms with E-state index in [9.17, 15) is 8.78 Å². The van der Waals surface area contributed by atoms with Crippen LogP contribution in [-0.2, 0) is 6.61 Å². The zero-order chi connectivity index (χ0) is 22.1. The first-order valence-corrected chi connectivity index (χ1v) is 9.91. The van der Waals surface area contributed by atoms with Crippen LogP contribution in [0.25, 0.3) is 28.0 Å². The third-order valence-electron chi connectivity index (χ3n) is 4.98. The first-order chi connectivity index (χ1) is 15.6. The van der Waals surface area contributed by atoms with Crippen molar-refractivity contribution >= 4 is 5.52 Å². The highest BCUT2D eigenvalue weighted by Crippen LogP contribution is 2.37. The van der Waals surface area contributed by atoms with E-state index < -0.39 is 11.6 Å². The lowest BCUT2D eigenvalue weighted by atomic mass is 10.1. The molecule has 0 fully saturated rings. The molecule has 32 heavy (non-hydrogen) atoms. The van der Waals surface area contributed by atoms with E-state index in [0.29, 0.717) is 22.3 Å². The van der Waals surface area contributed by atoms with Crippen LogP contribution in [0.4, 0.5) is 8.78 Å². The maximum atomic E-state index is 14.8. The molecule has 0 unspecified atom stereocenters. The Morgan fingerprint density at radius 3 is 2.31 bits per heavy atom. The van der Waals surface area contributed by atoms with Crippen molar-refractivity contribution in [1.29, 1.82) is 0 Å². The number of benzene rings is 2. The number of nitrogens with zero attached hydrogens (tertiary/aromatic N) is 5. The Bertz CT molecular complexity index is 1430. The Labute approximate surface area is 182 Å². The SMILES string of the molecule is Cc1cccc(COc2nn3c(-c4ccccc4F)nncc3c2-c2ccccc2F)n1. The molecule has 0 aliphatic carbocycles. The largest absolute Gasteiger partial charge is 0.470 e. The molecular formula is C24H17F2N5O. The summed E-state index contributed by atoms with van der Waals surface area (Å²) >= 11 is 0. The van der Waals surface area contributed by atoms with Gasteiger partial charge in [0.25, 0.3) is 0 Å². The number of pyridine rings is 1. The van der Waals surface area contributed by atoms with E-state index >= 15 is 0 Å². The van der Waals surface area contributed by atoms with Crippen LogP contribution < -0.4 is 4.74 Å². The highest BCUT2D eigenvalue weighted by atomic mass is 19.1. The molecule has 5 rings (SSSR count). The molecule has 3 aromatic heterocycles. The standard InChI is InChI=1S/C24H17F2N5O/c1-15-7-6-8-16(28-15)14-32-24-22(17-9-2-4-11-19(17)25)21-13-27-29-23(31(21)30-24)18-10-3-5-12-20(18)26/h2-13H,14H2,1H3. The predicted octanol–water partition coefficient (Wildman–Crippen LogP) is 5.02. The van der Waals surface area contributed by atoms with Crippen molar-refractivity contribution in [2.24, 2.45) is 0 Å². The summed E-state index contributed by atoms with van der Waals surface area (Å²) in [7, 11) is 0. The number of rotatable bonds is 5. The second-order valence-electron chi connectivity index (χ2n) is 7.16. The van der Waals surface area contributed by atoms with E-state index in [2.05, 4.69) is 20.3 Å². The average Bonchev–Trinajstić information content (AvgIpc) is 3.17. The minimum atomic E-state index is -0.469. The molecular weight excluding hydrogens is 412 g/mol. The first-order valence-electron chi connectivity index (χ1n) is 9.91. The van der Waals surface area contributed by atoms with Gasteiger partial charge in [-0.15, -0.1) is 10.2 Å². The number of aromatic nitrogens is 5. The normalized spacial score (nSPS) is 11.1. The van der Waals surface area contributed by atoms with Crippen LogP contribution >= 0.6 is 0 Å². The van der Waals surface area contributed by atoms with Gasteiger partial charge in [-0.05, 0) is 37.3 Å². The van der Waals surface area contributed by atoms with Gasteiger partial charge in [0, 0.05) is 11.3 Å². The Morgan fingerprint density at radius 1 is 0.875 bits per heavy atom. The van der Waals surface area contributed by atoms with Gasteiger partial charge in [-0.1, -0.05) is 36.4 Å². The summed E-state index contributed by atoms with van der Waals surface area (Å²) in [6.45, 7) is 2.01. The van der Waals surface area contributed by atoms with Gasteiger partial charge in [0.2, 0.25) is 5.88 Å². The Balaban J connectivity index is 1.69. The lowest BCUT2D eigenvalue weighted by molar-refractivity contribution is 0.288. The predicted molar refractivity (Wildman–Crippen MR) is 115 cm³/mol. The van der Waals surface area contributed by atoms with Crippen LogP contribution in [0.5, 0.6) is 5.88 Å². The Morgan fingerprint density at radius 2 is 1.59 bits per heavy atom. The van der Waals surface area contributed by atoms with Crippen molar-refractivity contribution in [3.05, 3.63) is 95.9 Å². The molecule has 0 saturated carbocycles. The zero-order valence-corrected chi connectivity index (χ0v) is 17.0. The van der Waals surface area contributed by atoms with E-state index in [0.717, 1.165) is 5.69 Å². The lowest BCUT2D eigenvalue weighted by Gasteiger charge is -2.07. The smallest absolute Gasteiger partial charge is 0.242 e. The molecule has 8 heteroatoms. The summed E-state index contributed by atoms with van der Waals surface area (Å²) in [4.78, 5) is 4.43. The number of aryl methyl sites for hydroxylation is 1. The van der Waals surface area contributed by atoms with Crippen LogP contribution in [0.1, 0.15) is 11.4 Å². The Hall–Kier alpha value is -4.20. The van der Waals surface area contributed by atoms with E-state index in [1.807, 2.05) is 25.1 Å². The van der Waals surface area contributed by atoms with E-state index in [4.69, 9.17) is 4.74 Å². The third-order valence-corrected chi connectivity index (χ3v) is 4.98. The van der Waals surface area contributed by atoms with Gasteiger partial charge in [-0.25, -0.2) is 13.3 Å². The molecule has 0 amide bonds. The van der Waals surface area contributed by atoms with Gasteiger partial charge in [-0.2, -0.15) is 5.10 Å². The number of hydrogen-bond acceptors (Lipinski definition) is 5. The Kier molecular flexibility index (Phi) is 5.03. The molecule has 0 radical (unpaired) electrons. The fraction of sp³-hybridized carbons (Fsp3) is 0.0833. The molecule has 2 aromatic carbocycles. The quantitative estimate of drug-likeness (QED) is 0.393. The van der Waals surface area contributed by atoms with Crippen LogP contribution in [-0.4, -0.2) is 24.8 Å². The molecule has 0 spiro atoms. The minimum Gasteiger partial charge on any atom is -0.470 e. The van der Waals surface area contributed by atoms with E-state index in [-0.39, 0.29) is 23.9 Å². The summed E-state index contributed by atoms with van der Waals surface area (Å²) in [6.07, 6.45) is 1.46. The van der Waals surface area contributed by atoms with Gasteiger partial charge >= 0.3 is 0 Å². The summed E-state index contributed by atoms with van der Waals surface area (Å²) in [5, 5.41) is 12.6.